The van der Waals surface area contributed by atoms with Gasteiger partial charge in [0.1, 0.15) is 4.88 Å². The molecule has 0 aliphatic rings. The highest BCUT2D eigenvalue weighted by molar-refractivity contribution is 8.01. The van der Waals surface area contributed by atoms with Crippen molar-refractivity contribution in [1.82, 2.24) is 10.3 Å². The fourth-order valence-corrected chi connectivity index (χ4v) is 3.03. The Labute approximate surface area is 117 Å². The van der Waals surface area contributed by atoms with E-state index in [9.17, 15) is 4.79 Å². The largest absolute Gasteiger partial charge is 0.351 e. The number of nitrogens with zero attached hydrogens (tertiary/aromatic N) is 1. The molecule has 18 heavy (non-hydrogen) atoms. The topological polar surface area (TPSA) is 42.0 Å². The molecule has 0 spiro atoms. The predicted octanol–water partition coefficient (Wildman–Crippen LogP) is 3.18. The lowest BCUT2D eigenvalue weighted by Crippen LogP contribution is -2.23. The molecule has 1 N–H and O–H groups in total. The number of unbranched alkanes of at least 4 members (excludes halogenated alkanes) is 1. The smallest absolute Gasteiger partial charge is 0.263 e. The van der Waals surface area contributed by atoms with Crippen molar-refractivity contribution in [2.24, 2.45) is 0 Å². The van der Waals surface area contributed by atoms with Crippen LogP contribution in [0.25, 0.3) is 0 Å². The van der Waals surface area contributed by atoms with E-state index < -0.39 is 0 Å². The van der Waals surface area contributed by atoms with Crippen LogP contribution in [-0.4, -0.2) is 23.2 Å². The van der Waals surface area contributed by atoms with Crippen molar-refractivity contribution in [3.8, 4) is 11.8 Å². The van der Waals surface area contributed by atoms with Gasteiger partial charge in [-0.1, -0.05) is 25.6 Å². The van der Waals surface area contributed by atoms with Crippen molar-refractivity contribution < 1.29 is 4.79 Å². The molecule has 0 aliphatic carbocycles. The van der Waals surface area contributed by atoms with Crippen LogP contribution in [0.4, 0.5) is 0 Å². The minimum absolute atomic E-state index is 0.0288. The van der Waals surface area contributed by atoms with Crippen LogP contribution >= 0.6 is 23.1 Å². The number of carbonyl (C=O) groups is 1. The summed E-state index contributed by atoms with van der Waals surface area (Å²) in [7, 11) is 0. The van der Waals surface area contributed by atoms with Crippen LogP contribution in [0.3, 0.4) is 0 Å². The van der Waals surface area contributed by atoms with Crippen LogP contribution in [0.15, 0.2) is 10.5 Å². The van der Waals surface area contributed by atoms with Gasteiger partial charge < -0.3 is 5.32 Å². The standard InChI is InChI=1S/C13H18N2OS2/c1-3-5-6-7-8-9-14-12(16)11-10-15-13(18-11)17-4-2/h10H,3-4,7-9H2,1-2H3,(H,14,16). The summed E-state index contributed by atoms with van der Waals surface area (Å²) in [5.74, 6) is 7.02. The Morgan fingerprint density at radius 1 is 1.50 bits per heavy atom. The van der Waals surface area contributed by atoms with Gasteiger partial charge in [-0.3, -0.25) is 4.79 Å². The fraction of sp³-hybridized carbons (Fsp3) is 0.538. The van der Waals surface area contributed by atoms with E-state index in [1.54, 1.807) is 18.0 Å². The van der Waals surface area contributed by atoms with Gasteiger partial charge in [0.25, 0.3) is 5.91 Å². The number of carbonyl (C=O) groups excluding carboxylic acids is 1. The SMILES string of the molecule is CCC#CCCCNC(=O)c1cnc(SCC)s1. The molecule has 5 heteroatoms. The second-order valence-electron chi connectivity index (χ2n) is 3.49. The molecule has 0 bridgehead atoms. The third kappa shape index (κ3) is 5.56. The Morgan fingerprint density at radius 3 is 3.06 bits per heavy atom. The summed E-state index contributed by atoms with van der Waals surface area (Å²) in [6.07, 6.45) is 4.28. The Morgan fingerprint density at radius 2 is 2.33 bits per heavy atom. The quantitative estimate of drug-likeness (QED) is 0.495. The fourth-order valence-electron chi connectivity index (χ4n) is 1.23. The molecule has 3 nitrogen and oxygen atoms in total. The zero-order chi connectivity index (χ0) is 13.2. The molecule has 1 aromatic rings. The van der Waals surface area contributed by atoms with Gasteiger partial charge in [-0.05, 0) is 12.2 Å². The van der Waals surface area contributed by atoms with Crippen LogP contribution in [0.1, 0.15) is 42.8 Å². The number of thiazole rings is 1. The van der Waals surface area contributed by atoms with Crippen molar-refractivity contribution in [1.29, 1.82) is 0 Å². The zero-order valence-corrected chi connectivity index (χ0v) is 12.4. The van der Waals surface area contributed by atoms with E-state index >= 15 is 0 Å². The van der Waals surface area contributed by atoms with E-state index in [4.69, 9.17) is 0 Å². The number of rotatable bonds is 6. The molecule has 0 radical (unpaired) electrons. The normalized spacial score (nSPS) is 9.67. The van der Waals surface area contributed by atoms with Gasteiger partial charge in [-0.2, -0.15) is 0 Å². The van der Waals surface area contributed by atoms with Crippen molar-refractivity contribution in [2.75, 3.05) is 12.3 Å². The monoisotopic (exact) mass is 282 g/mol. The molecule has 1 amide bonds. The van der Waals surface area contributed by atoms with E-state index in [0.29, 0.717) is 11.4 Å². The van der Waals surface area contributed by atoms with Crippen LogP contribution in [0.2, 0.25) is 0 Å². The van der Waals surface area contributed by atoms with Crippen LogP contribution in [-0.2, 0) is 0 Å². The number of amides is 1. The Balaban J connectivity index is 2.27. The van der Waals surface area contributed by atoms with Crippen molar-refractivity contribution in [2.45, 2.75) is 37.4 Å². The second-order valence-corrected chi connectivity index (χ2v) is 6.03. The highest BCUT2D eigenvalue weighted by atomic mass is 32.2. The van der Waals surface area contributed by atoms with Gasteiger partial charge in [-0.25, -0.2) is 4.98 Å². The molecule has 0 atom stereocenters. The van der Waals surface area contributed by atoms with Gasteiger partial charge in [-0.15, -0.1) is 23.2 Å². The minimum atomic E-state index is -0.0288. The maximum absolute atomic E-state index is 11.8. The van der Waals surface area contributed by atoms with Crippen molar-refractivity contribution in [3.63, 3.8) is 0 Å². The van der Waals surface area contributed by atoms with E-state index in [-0.39, 0.29) is 5.91 Å². The number of hydrogen-bond acceptors (Lipinski definition) is 4. The van der Waals surface area contributed by atoms with Crippen molar-refractivity contribution in [3.05, 3.63) is 11.1 Å². The van der Waals surface area contributed by atoms with Crippen LogP contribution in [0.5, 0.6) is 0 Å². The third-order valence-electron chi connectivity index (χ3n) is 2.04. The summed E-state index contributed by atoms with van der Waals surface area (Å²) >= 11 is 3.11. The van der Waals surface area contributed by atoms with Gasteiger partial charge in [0.05, 0.1) is 6.20 Å². The summed E-state index contributed by atoms with van der Waals surface area (Å²) in [5.41, 5.74) is 0. The van der Waals surface area contributed by atoms with Gasteiger partial charge in [0.2, 0.25) is 0 Å². The third-order valence-corrected chi connectivity index (χ3v) is 4.08. The van der Waals surface area contributed by atoms with Crippen molar-refractivity contribution >= 4 is 29.0 Å². The summed E-state index contributed by atoms with van der Waals surface area (Å²) in [6, 6.07) is 0. The van der Waals surface area contributed by atoms with Gasteiger partial charge in [0, 0.05) is 19.4 Å². The van der Waals surface area contributed by atoms with E-state index in [2.05, 4.69) is 29.1 Å². The summed E-state index contributed by atoms with van der Waals surface area (Å²) < 4.78 is 0.955. The molecule has 0 saturated carbocycles. The number of aromatic nitrogens is 1. The Bertz CT molecular complexity index is 432. The highest BCUT2D eigenvalue weighted by Gasteiger charge is 2.09. The van der Waals surface area contributed by atoms with Crippen LogP contribution in [0, 0.1) is 11.8 Å². The first-order valence-electron chi connectivity index (χ1n) is 6.10. The zero-order valence-electron chi connectivity index (χ0n) is 10.8. The molecule has 0 saturated heterocycles. The molecule has 0 aromatic carbocycles. The van der Waals surface area contributed by atoms with Crippen LogP contribution < -0.4 is 5.32 Å². The van der Waals surface area contributed by atoms with E-state index in [0.717, 1.165) is 29.4 Å². The number of thioether (sulfide) groups is 1. The van der Waals surface area contributed by atoms with E-state index in [1.165, 1.54) is 11.3 Å². The lowest BCUT2D eigenvalue weighted by atomic mass is 10.3. The summed E-state index contributed by atoms with van der Waals surface area (Å²) in [5, 5.41) is 2.89. The first-order chi connectivity index (χ1) is 8.77. The molecule has 98 valence electrons. The number of hydrogen-bond donors (Lipinski definition) is 1. The molecule has 0 aliphatic heterocycles. The number of nitrogens with one attached hydrogen (secondary N) is 1. The minimum Gasteiger partial charge on any atom is -0.351 e. The molecular formula is C13H18N2OS2. The lowest BCUT2D eigenvalue weighted by Gasteiger charge is -2.00. The predicted molar refractivity (Wildman–Crippen MR) is 78.1 cm³/mol. The van der Waals surface area contributed by atoms with Gasteiger partial charge in [0.15, 0.2) is 4.34 Å². The maximum atomic E-state index is 11.8. The van der Waals surface area contributed by atoms with Gasteiger partial charge >= 0.3 is 0 Å². The molecular weight excluding hydrogens is 264 g/mol. The highest BCUT2D eigenvalue weighted by Crippen LogP contribution is 2.23. The first-order valence-corrected chi connectivity index (χ1v) is 7.90. The average Bonchev–Trinajstić information content (AvgIpc) is 2.82. The molecule has 1 heterocycles. The van der Waals surface area contributed by atoms with E-state index in [1.807, 2.05) is 6.92 Å². The molecule has 1 rings (SSSR count). The summed E-state index contributed by atoms with van der Waals surface area (Å²) in [6.45, 7) is 4.78. The Hall–Kier alpha value is -0.990. The lowest BCUT2D eigenvalue weighted by molar-refractivity contribution is 0.0957. The molecule has 0 unspecified atom stereocenters. The maximum Gasteiger partial charge on any atom is 0.263 e. The average molecular weight is 282 g/mol. The molecule has 1 aromatic heterocycles. The summed E-state index contributed by atoms with van der Waals surface area (Å²) in [4.78, 5) is 16.6. The Kier molecular flexibility index (Phi) is 7.54. The molecule has 0 fully saturated rings. The second kappa shape index (κ2) is 9.01. The first kappa shape index (κ1) is 15.1.